The lowest BCUT2D eigenvalue weighted by Crippen LogP contribution is -2.12. The fourth-order valence-electron chi connectivity index (χ4n) is 2.19. The maximum Gasteiger partial charge on any atom is 0.322 e. The number of nitrogens with zero attached hydrogens (tertiary/aromatic N) is 2. The highest BCUT2D eigenvalue weighted by Crippen LogP contribution is 2.22. The highest BCUT2D eigenvalue weighted by Gasteiger charge is 2.14. The zero-order valence-corrected chi connectivity index (χ0v) is 14.4. The average molecular weight is 357 g/mol. The van der Waals surface area contributed by atoms with Crippen LogP contribution in [0, 0.1) is 6.92 Å². The molecular formula is C17H15N3O4S. The largest absolute Gasteiger partial charge is 0.403 e. The van der Waals surface area contributed by atoms with Crippen molar-refractivity contribution in [2.24, 2.45) is 0 Å². The molecule has 0 aliphatic carbocycles. The van der Waals surface area contributed by atoms with Crippen LogP contribution in [0.25, 0.3) is 11.5 Å². The Bertz CT molecular complexity index is 1020. The van der Waals surface area contributed by atoms with Crippen LogP contribution in [0.15, 0.2) is 57.8 Å². The van der Waals surface area contributed by atoms with E-state index in [9.17, 15) is 13.2 Å². The minimum absolute atomic E-state index is 0.0336. The van der Waals surface area contributed by atoms with Gasteiger partial charge in [-0.3, -0.25) is 10.1 Å². The van der Waals surface area contributed by atoms with Gasteiger partial charge in [0.15, 0.2) is 9.84 Å². The predicted molar refractivity (Wildman–Crippen MR) is 92.0 cm³/mol. The lowest BCUT2D eigenvalue weighted by atomic mass is 10.1. The normalized spacial score (nSPS) is 11.3. The number of benzene rings is 2. The number of hydrogen-bond donors (Lipinski definition) is 1. The number of anilines is 1. The number of hydrogen-bond acceptors (Lipinski definition) is 6. The van der Waals surface area contributed by atoms with E-state index in [1.54, 1.807) is 30.3 Å². The van der Waals surface area contributed by atoms with E-state index in [-0.39, 0.29) is 22.7 Å². The average Bonchev–Trinajstić information content (AvgIpc) is 3.02. The van der Waals surface area contributed by atoms with Crippen molar-refractivity contribution in [3.63, 3.8) is 0 Å². The molecule has 0 atom stereocenters. The summed E-state index contributed by atoms with van der Waals surface area (Å²) in [4.78, 5) is 12.4. The highest BCUT2D eigenvalue weighted by atomic mass is 32.2. The Kier molecular flexibility index (Phi) is 4.37. The first-order valence-corrected chi connectivity index (χ1v) is 9.24. The van der Waals surface area contributed by atoms with Crippen molar-refractivity contribution in [2.45, 2.75) is 11.8 Å². The quantitative estimate of drug-likeness (QED) is 0.770. The number of aryl methyl sites for hydroxylation is 1. The first-order valence-electron chi connectivity index (χ1n) is 7.35. The monoisotopic (exact) mass is 357 g/mol. The van der Waals surface area contributed by atoms with Crippen LogP contribution in [-0.2, 0) is 9.84 Å². The summed E-state index contributed by atoms with van der Waals surface area (Å²) in [5, 5.41) is 10.2. The number of sulfone groups is 1. The first kappa shape index (κ1) is 16.8. The molecule has 0 saturated carbocycles. The predicted octanol–water partition coefficient (Wildman–Crippen LogP) is 2.70. The molecule has 0 fully saturated rings. The zero-order valence-electron chi connectivity index (χ0n) is 13.6. The second-order valence-corrected chi connectivity index (χ2v) is 7.55. The number of amides is 1. The van der Waals surface area contributed by atoms with E-state index in [1.165, 1.54) is 12.1 Å². The van der Waals surface area contributed by atoms with Gasteiger partial charge in [-0.1, -0.05) is 22.8 Å². The van der Waals surface area contributed by atoms with Crippen molar-refractivity contribution >= 4 is 21.8 Å². The Morgan fingerprint density at radius 3 is 2.44 bits per heavy atom. The Morgan fingerprint density at radius 1 is 1.08 bits per heavy atom. The van der Waals surface area contributed by atoms with E-state index in [0.29, 0.717) is 11.1 Å². The van der Waals surface area contributed by atoms with E-state index < -0.39 is 9.84 Å². The minimum Gasteiger partial charge on any atom is -0.403 e. The fraction of sp³-hybridized carbons (Fsp3) is 0.118. The molecule has 0 unspecified atom stereocenters. The summed E-state index contributed by atoms with van der Waals surface area (Å²) in [5.74, 6) is -0.175. The molecule has 1 heterocycles. The molecule has 7 nitrogen and oxygen atoms in total. The van der Waals surface area contributed by atoms with Gasteiger partial charge in [0, 0.05) is 17.4 Å². The number of nitrogens with one attached hydrogen (secondary N) is 1. The topological polar surface area (TPSA) is 102 Å². The van der Waals surface area contributed by atoms with E-state index >= 15 is 0 Å². The van der Waals surface area contributed by atoms with Crippen LogP contribution in [0.1, 0.15) is 15.9 Å². The second kappa shape index (κ2) is 6.48. The van der Waals surface area contributed by atoms with E-state index in [0.717, 1.165) is 11.8 Å². The maximum absolute atomic E-state index is 12.2. The summed E-state index contributed by atoms with van der Waals surface area (Å²) in [6.07, 6.45) is 1.13. The van der Waals surface area contributed by atoms with E-state index in [4.69, 9.17) is 4.42 Å². The zero-order chi connectivity index (χ0) is 18.0. The third-order valence-electron chi connectivity index (χ3n) is 3.46. The summed E-state index contributed by atoms with van der Waals surface area (Å²) < 4.78 is 28.3. The van der Waals surface area contributed by atoms with Crippen LogP contribution in [-0.4, -0.2) is 30.8 Å². The molecule has 0 radical (unpaired) electrons. The lowest BCUT2D eigenvalue weighted by molar-refractivity contribution is 0.102. The summed E-state index contributed by atoms with van der Waals surface area (Å²) in [5.41, 5.74) is 2.00. The minimum atomic E-state index is -3.27. The molecule has 0 aliphatic heterocycles. The molecule has 1 aromatic heterocycles. The lowest BCUT2D eigenvalue weighted by Gasteiger charge is -2.01. The number of rotatable bonds is 4. The van der Waals surface area contributed by atoms with Crippen molar-refractivity contribution in [3.8, 4) is 11.5 Å². The van der Waals surface area contributed by atoms with E-state index in [1.807, 2.05) is 13.0 Å². The van der Waals surface area contributed by atoms with Gasteiger partial charge in [0.05, 0.1) is 4.90 Å². The van der Waals surface area contributed by atoms with Gasteiger partial charge in [-0.25, -0.2) is 8.42 Å². The van der Waals surface area contributed by atoms with Gasteiger partial charge in [-0.2, -0.15) is 0 Å². The maximum atomic E-state index is 12.2. The fourth-order valence-corrected chi connectivity index (χ4v) is 2.82. The molecule has 0 spiro atoms. The molecule has 0 aliphatic rings. The molecule has 2 aromatic carbocycles. The van der Waals surface area contributed by atoms with Crippen LogP contribution in [0.4, 0.5) is 6.01 Å². The van der Waals surface area contributed by atoms with Crippen molar-refractivity contribution < 1.29 is 17.6 Å². The molecular weight excluding hydrogens is 342 g/mol. The smallest absolute Gasteiger partial charge is 0.322 e. The third-order valence-corrected chi connectivity index (χ3v) is 4.58. The van der Waals surface area contributed by atoms with Gasteiger partial charge < -0.3 is 4.42 Å². The Labute approximate surface area is 144 Å². The highest BCUT2D eigenvalue weighted by molar-refractivity contribution is 7.90. The van der Waals surface area contributed by atoms with Crippen LogP contribution in [0.3, 0.4) is 0 Å². The van der Waals surface area contributed by atoms with Crippen LogP contribution in [0.2, 0.25) is 0 Å². The van der Waals surface area contributed by atoms with Crippen molar-refractivity contribution in [3.05, 3.63) is 59.7 Å². The van der Waals surface area contributed by atoms with Crippen LogP contribution >= 0.6 is 0 Å². The Morgan fingerprint density at radius 2 is 1.80 bits per heavy atom. The molecule has 25 heavy (non-hydrogen) atoms. The molecule has 3 rings (SSSR count). The SMILES string of the molecule is Cc1cccc(C(=O)Nc2nnc(-c3ccc(S(C)(=O)=O)cc3)o2)c1. The number of carbonyl (C=O) groups is 1. The second-order valence-electron chi connectivity index (χ2n) is 5.53. The Balaban J connectivity index is 1.77. The van der Waals surface area contributed by atoms with Crippen LogP contribution in [0.5, 0.6) is 0 Å². The molecule has 1 N–H and O–H groups in total. The van der Waals surface area contributed by atoms with Crippen molar-refractivity contribution in [1.29, 1.82) is 0 Å². The summed E-state index contributed by atoms with van der Waals surface area (Å²) in [6, 6.07) is 13.1. The summed E-state index contributed by atoms with van der Waals surface area (Å²) in [7, 11) is -3.27. The molecule has 8 heteroatoms. The van der Waals surface area contributed by atoms with Gasteiger partial charge in [-0.15, -0.1) is 5.10 Å². The molecule has 0 bridgehead atoms. The molecule has 128 valence electrons. The number of aromatic nitrogens is 2. The first-order chi connectivity index (χ1) is 11.8. The van der Waals surface area contributed by atoms with Crippen LogP contribution < -0.4 is 5.32 Å². The van der Waals surface area contributed by atoms with Gasteiger partial charge in [0.1, 0.15) is 0 Å². The van der Waals surface area contributed by atoms with Crippen molar-refractivity contribution in [2.75, 3.05) is 11.6 Å². The molecule has 3 aromatic rings. The molecule has 0 saturated heterocycles. The van der Waals surface area contributed by atoms with Gasteiger partial charge in [0.2, 0.25) is 5.89 Å². The Hall–Kier alpha value is -3.00. The number of carbonyl (C=O) groups excluding carboxylic acids is 1. The van der Waals surface area contributed by atoms with E-state index in [2.05, 4.69) is 15.5 Å². The van der Waals surface area contributed by atoms with Gasteiger partial charge in [-0.05, 0) is 43.3 Å². The van der Waals surface area contributed by atoms with Gasteiger partial charge >= 0.3 is 6.01 Å². The standard InChI is InChI=1S/C17H15N3O4S/c1-11-4-3-5-13(10-11)15(21)18-17-20-19-16(24-17)12-6-8-14(9-7-12)25(2,22)23/h3-10H,1-2H3,(H,18,20,21). The summed E-state index contributed by atoms with van der Waals surface area (Å²) in [6.45, 7) is 1.89. The third kappa shape index (κ3) is 3.92. The van der Waals surface area contributed by atoms with Gasteiger partial charge in [0.25, 0.3) is 5.91 Å². The summed E-state index contributed by atoms with van der Waals surface area (Å²) >= 11 is 0. The molecule has 1 amide bonds. The van der Waals surface area contributed by atoms with Crippen molar-refractivity contribution in [1.82, 2.24) is 10.2 Å².